The molecule has 9 heteroatoms. The molecule has 0 aliphatic carbocycles. The topological polar surface area (TPSA) is 70.4 Å². The van der Waals surface area contributed by atoms with Crippen LogP contribution in [0.1, 0.15) is 32.5 Å². The van der Waals surface area contributed by atoms with Crippen molar-refractivity contribution in [3.63, 3.8) is 0 Å². The van der Waals surface area contributed by atoms with Crippen molar-refractivity contribution in [2.24, 2.45) is 0 Å². The summed E-state index contributed by atoms with van der Waals surface area (Å²) in [7, 11) is 0. The Labute approximate surface area is 195 Å². The number of anilines is 2. The zero-order valence-electron chi connectivity index (χ0n) is 18.4. The molecule has 1 aliphatic rings. The molecule has 4 rings (SSSR count). The van der Waals surface area contributed by atoms with Crippen LogP contribution < -0.4 is 5.32 Å². The van der Waals surface area contributed by atoms with Crippen LogP contribution >= 0.6 is 11.6 Å². The molecule has 0 fully saturated rings. The predicted molar refractivity (Wildman–Crippen MR) is 123 cm³/mol. The van der Waals surface area contributed by atoms with E-state index >= 15 is 0 Å². The number of benzene rings is 2. The van der Waals surface area contributed by atoms with Gasteiger partial charge in [0, 0.05) is 24.3 Å². The van der Waals surface area contributed by atoms with Crippen LogP contribution in [0.5, 0.6) is 0 Å². The smallest absolute Gasteiger partial charge is 0.225 e. The highest BCUT2D eigenvalue weighted by molar-refractivity contribution is 6.30. The number of amides is 1. The Morgan fingerprint density at radius 3 is 2.61 bits per heavy atom. The summed E-state index contributed by atoms with van der Waals surface area (Å²) in [6, 6.07) is 10.4. The van der Waals surface area contributed by atoms with Crippen LogP contribution in [0, 0.1) is 11.6 Å². The highest BCUT2D eigenvalue weighted by atomic mass is 35.5. The third-order valence-corrected chi connectivity index (χ3v) is 6.23. The maximum Gasteiger partial charge on any atom is 0.225 e. The molecule has 2 heterocycles. The fourth-order valence-electron chi connectivity index (χ4n) is 3.75. The normalized spacial score (nSPS) is 15.2. The molecule has 1 aromatic heterocycles. The summed E-state index contributed by atoms with van der Waals surface area (Å²) in [5, 5.41) is 13.5. The second-order valence-electron chi connectivity index (χ2n) is 8.48. The Bertz CT molecular complexity index is 1180. The number of carbonyl (C=O) groups is 1. The molecule has 3 aromatic rings. The molecular formula is C24H25ClF2N4O2. The number of imidazole rings is 1. The van der Waals surface area contributed by atoms with Crippen LogP contribution in [0.2, 0.25) is 5.02 Å². The standard InChI is InChI=1S/C24H25ClF2N4O2/c1-3-24(2,33)13-21(32)30-10-11-31-20(14-30)29-22(15-4-6-16(26)7-5-15)23(31)28-17-8-9-18(25)19(27)12-17/h4-9,12,28,33H,3,10-11,13-14H2,1-2H3/t24-/m0/s1. The Morgan fingerprint density at radius 2 is 1.94 bits per heavy atom. The minimum Gasteiger partial charge on any atom is -0.390 e. The third kappa shape index (κ3) is 5.02. The number of aromatic nitrogens is 2. The molecule has 33 heavy (non-hydrogen) atoms. The number of rotatable bonds is 6. The highest BCUT2D eigenvalue weighted by Crippen LogP contribution is 2.34. The largest absolute Gasteiger partial charge is 0.390 e. The summed E-state index contributed by atoms with van der Waals surface area (Å²) in [5.74, 6) is 0.196. The monoisotopic (exact) mass is 474 g/mol. The number of nitrogens with one attached hydrogen (secondary N) is 1. The van der Waals surface area contributed by atoms with Gasteiger partial charge in [-0.15, -0.1) is 0 Å². The van der Waals surface area contributed by atoms with Gasteiger partial charge in [0.1, 0.15) is 29.0 Å². The minimum absolute atomic E-state index is 0.0201. The van der Waals surface area contributed by atoms with Crippen LogP contribution in [-0.2, 0) is 17.9 Å². The lowest BCUT2D eigenvalue weighted by atomic mass is 9.98. The first kappa shape index (κ1) is 23.2. The lowest BCUT2D eigenvalue weighted by Gasteiger charge is -2.31. The number of nitrogens with zero attached hydrogens (tertiary/aromatic N) is 3. The quantitative estimate of drug-likeness (QED) is 0.520. The van der Waals surface area contributed by atoms with Gasteiger partial charge in [0.25, 0.3) is 0 Å². The zero-order chi connectivity index (χ0) is 23.8. The van der Waals surface area contributed by atoms with Gasteiger partial charge < -0.3 is 19.9 Å². The van der Waals surface area contributed by atoms with Crippen molar-refractivity contribution in [1.82, 2.24) is 14.5 Å². The number of halogens is 3. The summed E-state index contributed by atoms with van der Waals surface area (Å²) in [6.07, 6.45) is 0.506. The Balaban J connectivity index is 1.69. The molecule has 0 saturated carbocycles. The van der Waals surface area contributed by atoms with E-state index in [0.717, 1.165) is 0 Å². The van der Waals surface area contributed by atoms with Crippen LogP contribution in [0.4, 0.5) is 20.3 Å². The van der Waals surface area contributed by atoms with Crippen molar-refractivity contribution in [2.45, 2.75) is 45.4 Å². The molecule has 174 valence electrons. The van der Waals surface area contributed by atoms with Crippen molar-refractivity contribution in [3.05, 3.63) is 64.9 Å². The molecule has 1 aliphatic heterocycles. The summed E-state index contributed by atoms with van der Waals surface area (Å²) in [4.78, 5) is 19.2. The van der Waals surface area contributed by atoms with E-state index in [1.807, 2.05) is 11.5 Å². The third-order valence-electron chi connectivity index (χ3n) is 5.92. The van der Waals surface area contributed by atoms with Gasteiger partial charge in [-0.1, -0.05) is 18.5 Å². The molecule has 1 atom stereocenters. The Morgan fingerprint density at radius 1 is 1.21 bits per heavy atom. The van der Waals surface area contributed by atoms with Crippen molar-refractivity contribution in [2.75, 3.05) is 11.9 Å². The van der Waals surface area contributed by atoms with Crippen molar-refractivity contribution < 1.29 is 18.7 Å². The highest BCUT2D eigenvalue weighted by Gasteiger charge is 2.30. The molecule has 0 radical (unpaired) electrons. The molecular weight excluding hydrogens is 450 g/mol. The van der Waals surface area contributed by atoms with E-state index < -0.39 is 11.4 Å². The fourth-order valence-corrected chi connectivity index (χ4v) is 3.87. The van der Waals surface area contributed by atoms with Gasteiger partial charge in [-0.3, -0.25) is 4.79 Å². The predicted octanol–water partition coefficient (Wildman–Crippen LogP) is 5.12. The number of hydrogen-bond donors (Lipinski definition) is 2. The lowest BCUT2D eigenvalue weighted by Crippen LogP contribution is -2.42. The summed E-state index contributed by atoms with van der Waals surface area (Å²) in [5.41, 5.74) is 0.673. The van der Waals surface area contributed by atoms with Crippen LogP contribution in [0.15, 0.2) is 42.5 Å². The summed E-state index contributed by atoms with van der Waals surface area (Å²) >= 11 is 5.81. The van der Waals surface area contributed by atoms with E-state index in [-0.39, 0.29) is 29.7 Å². The van der Waals surface area contributed by atoms with Crippen molar-refractivity contribution >= 4 is 29.0 Å². The van der Waals surface area contributed by atoms with Gasteiger partial charge in [0.05, 0.1) is 23.6 Å². The van der Waals surface area contributed by atoms with Crippen LogP contribution in [0.3, 0.4) is 0 Å². The van der Waals surface area contributed by atoms with Gasteiger partial charge in [0.2, 0.25) is 5.91 Å². The molecule has 2 aromatic carbocycles. The molecule has 1 amide bonds. The van der Waals surface area contributed by atoms with Gasteiger partial charge in [0.15, 0.2) is 0 Å². The van der Waals surface area contributed by atoms with Crippen molar-refractivity contribution in [1.29, 1.82) is 0 Å². The Hall–Kier alpha value is -2.97. The molecule has 0 unspecified atom stereocenters. The van der Waals surface area contributed by atoms with E-state index in [0.29, 0.717) is 48.1 Å². The average molecular weight is 475 g/mol. The van der Waals surface area contributed by atoms with E-state index in [4.69, 9.17) is 16.6 Å². The van der Waals surface area contributed by atoms with E-state index in [1.165, 1.54) is 24.3 Å². The second-order valence-corrected chi connectivity index (χ2v) is 8.89. The van der Waals surface area contributed by atoms with Gasteiger partial charge in [-0.05, 0) is 55.8 Å². The molecule has 0 saturated heterocycles. The first-order chi connectivity index (χ1) is 15.7. The van der Waals surface area contributed by atoms with Gasteiger partial charge in [-0.2, -0.15) is 0 Å². The molecule has 0 bridgehead atoms. The minimum atomic E-state index is -1.06. The molecule has 6 nitrogen and oxygen atoms in total. The van der Waals surface area contributed by atoms with Crippen LogP contribution in [-0.4, -0.2) is 37.6 Å². The number of fused-ring (bicyclic) bond motifs is 1. The lowest BCUT2D eigenvalue weighted by molar-refractivity contribution is -0.137. The second kappa shape index (κ2) is 9.11. The summed E-state index contributed by atoms with van der Waals surface area (Å²) < 4.78 is 29.5. The van der Waals surface area contributed by atoms with E-state index in [2.05, 4.69) is 5.32 Å². The maximum atomic E-state index is 14.0. The SMILES string of the molecule is CC[C@](C)(O)CC(=O)N1CCn2c(nc(-c3ccc(F)cc3)c2Nc2ccc(Cl)c(F)c2)C1. The average Bonchev–Trinajstić information content (AvgIpc) is 3.14. The maximum absolute atomic E-state index is 14.0. The van der Waals surface area contributed by atoms with Gasteiger partial charge >= 0.3 is 0 Å². The Kier molecular flexibility index (Phi) is 6.41. The summed E-state index contributed by atoms with van der Waals surface area (Å²) in [6.45, 7) is 4.65. The fraction of sp³-hybridized carbons (Fsp3) is 0.333. The number of aliphatic hydroxyl groups is 1. The first-order valence-corrected chi connectivity index (χ1v) is 11.1. The van der Waals surface area contributed by atoms with E-state index in [1.54, 1.807) is 30.0 Å². The number of hydrogen-bond acceptors (Lipinski definition) is 4. The van der Waals surface area contributed by atoms with Crippen molar-refractivity contribution in [3.8, 4) is 11.3 Å². The zero-order valence-corrected chi connectivity index (χ0v) is 19.2. The molecule has 0 spiro atoms. The number of carbonyl (C=O) groups excluding carboxylic acids is 1. The van der Waals surface area contributed by atoms with E-state index in [9.17, 15) is 18.7 Å². The van der Waals surface area contributed by atoms with Crippen LogP contribution in [0.25, 0.3) is 11.3 Å². The molecule has 2 N–H and O–H groups in total. The first-order valence-electron chi connectivity index (χ1n) is 10.7. The van der Waals surface area contributed by atoms with Gasteiger partial charge in [-0.25, -0.2) is 13.8 Å².